The third-order valence-corrected chi connectivity index (χ3v) is 3.64. The van der Waals surface area contributed by atoms with Crippen molar-refractivity contribution in [3.8, 4) is 0 Å². The van der Waals surface area contributed by atoms with Crippen LogP contribution < -0.4 is 15.8 Å². The molecule has 0 fully saturated rings. The van der Waals surface area contributed by atoms with E-state index >= 15 is 0 Å². The number of sulfonamides is 1. The van der Waals surface area contributed by atoms with Crippen molar-refractivity contribution in [3.63, 3.8) is 0 Å². The van der Waals surface area contributed by atoms with Crippen LogP contribution in [-0.2, 0) is 21.3 Å². The van der Waals surface area contributed by atoms with Gasteiger partial charge in [0.15, 0.2) is 5.96 Å². The lowest BCUT2D eigenvalue weighted by Gasteiger charge is -2.11. The average molecular weight is 328 g/mol. The first-order valence-corrected chi connectivity index (χ1v) is 8.73. The van der Waals surface area contributed by atoms with Crippen molar-refractivity contribution in [3.05, 3.63) is 29.8 Å². The van der Waals surface area contributed by atoms with Gasteiger partial charge in [-0.2, -0.15) is 0 Å². The summed E-state index contributed by atoms with van der Waals surface area (Å²) in [6.45, 7) is 6.93. The number of hydrogen-bond acceptors (Lipinski definition) is 4. The Morgan fingerprint density at radius 1 is 1.32 bits per heavy atom. The number of rotatable bonds is 8. The zero-order valence-electron chi connectivity index (χ0n) is 13.0. The molecule has 0 saturated heterocycles. The van der Waals surface area contributed by atoms with E-state index in [0.29, 0.717) is 32.3 Å². The monoisotopic (exact) mass is 328 g/mol. The van der Waals surface area contributed by atoms with Gasteiger partial charge in [-0.1, -0.05) is 12.1 Å². The third kappa shape index (κ3) is 6.88. The molecule has 0 atom stereocenters. The van der Waals surface area contributed by atoms with Gasteiger partial charge in [-0.15, -0.1) is 0 Å². The Morgan fingerprint density at radius 3 is 2.73 bits per heavy atom. The topological polar surface area (TPSA) is 106 Å². The van der Waals surface area contributed by atoms with Crippen LogP contribution in [0.5, 0.6) is 0 Å². The minimum Gasteiger partial charge on any atom is -0.380 e. The Balaban J connectivity index is 2.69. The standard InChI is InChI=1S/C14H24N4O3S/c1-3-16-14(17-8-9-21-4-2)18-11-12-6-5-7-13(10-12)22(15,19)20/h5-7,10H,3-4,8-9,11H2,1-2H3,(H2,15,19,20)(H2,16,17,18). The largest absolute Gasteiger partial charge is 0.380 e. The minimum absolute atomic E-state index is 0.0921. The van der Waals surface area contributed by atoms with Crippen molar-refractivity contribution in [2.24, 2.45) is 10.1 Å². The summed E-state index contributed by atoms with van der Waals surface area (Å²) >= 11 is 0. The molecule has 0 amide bonds. The molecule has 0 aliphatic heterocycles. The highest BCUT2D eigenvalue weighted by Gasteiger charge is 2.07. The molecule has 7 nitrogen and oxygen atoms in total. The maximum Gasteiger partial charge on any atom is 0.238 e. The number of nitrogens with zero attached hydrogens (tertiary/aromatic N) is 1. The van der Waals surface area contributed by atoms with Gasteiger partial charge in [-0.3, -0.25) is 0 Å². The second-order valence-corrected chi connectivity index (χ2v) is 6.07. The Hall–Kier alpha value is -1.64. The summed E-state index contributed by atoms with van der Waals surface area (Å²) in [6, 6.07) is 6.46. The van der Waals surface area contributed by atoms with E-state index in [4.69, 9.17) is 9.88 Å². The van der Waals surface area contributed by atoms with Gasteiger partial charge >= 0.3 is 0 Å². The zero-order chi connectivity index (χ0) is 16.4. The first-order valence-electron chi connectivity index (χ1n) is 7.19. The zero-order valence-corrected chi connectivity index (χ0v) is 13.8. The van der Waals surface area contributed by atoms with E-state index in [1.54, 1.807) is 6.07 Å². The molecule has 0 saturated carbocycles. The number of hydrogen-bond donors (Lipinski definition) is 3. The lowest BCUT2D eigenvalue weighted by molar-refractivity contribution is 0.152. The van der Waals surface area contributed by atoms with Crippen molar-refractivity contribution >= 4 is 16.0 Å². The van der Waals surface area contributed by atoms with Crippen molar-refractivity contribution in [2.75, 3.05) is 26.3 Å². The third-order valence-electron chi connectivity index (χ3n) is 2.73. The van der Waals surface area contributed by atoms with E-state index in [9.17, 15) is 8.42 Å². The molecule has 4 N–H and O–H groups in total. The second-order valence-electron chi connectivity index (χ2n) is 4.51. The van der Waals surface area contributed by atoms with Crippen LogP contribution in [-0.4, -0.2) is 40.7 Å². The van der Waals surface area contributed by atoms with Gasteiger partial charge in [-0.25, -0.2) is 18.5 Å². The second kappa shape index (κ2) is 9.39. The SMILES string of the molecule is CCNC(=NCc1cccc(S(N)(=O)=O)c1)NCCOCC. The molecule has 1 rings (SSSR count). The Morgan fingerprint density at radius 2 is 2.09 bits per heavy atom. The van der Waals surface area contributed by atoms with E-state index in [2.05, 4.69) is 15.6 Å². The highest BCUT2D eigenvalue weighted by Crippen LogP contribution is 2.10. The number of guanidine groups is 1. The quantitative estimate of drug-likeness (QED) is 0.364. The van der Waals surface area contributed by atoms with Crippen LogP contribution in [0.25, 0.3) is 0 Å². The summed E-state index contributed by atoms with van der Waals surface area (Å²) in [6.07, 6.45) is 0. The number of benzene rings is 1. The van der Waals surface area contributed by atoms with Gasteiger partial charge in [0.05, 0.1) is 18.0 Å². The molecule has 0 aromatic heterocycles. The summed E-state index contributed by atoms with van der Waals surface area (Å²) in [5.41, 5.74) is 0.772. The van der Waals surface area contributed by atoms with Crippen molar-refractivity contribution < 1.29 is 13.2 Å². The van der Waals surface area contributed by atoms with Crippen LogP contribution in [0.2, 0.25) is 0 Å². The van der Waals surface area contributed by atoms with Gasteiger partial charge in [0.1, 0.15) is 0 Å². The Labute approximate surface area is 132 Å². The molecular formula is C14H24N4O3S. The van der Waals surface area contributed by atoms with Gasteiger partial charge in [0.25, 0.3) is 0 Å². The Kier molecular flexibility index (Phi) is 7.86. The van der Waals surface area contributed by atoms with Crippen LogP contribution in [0.4, 0.5) is 0 Å². The number of primary sulfonamides is 1. The molecule has 0 radical (unpaired) electrons. The average Bonchev–Trinajstić information content (AvgIpc) is 2.48. The Bertz CT molecular complexity index is 588. The van der Waals surface area contributed by atoms with Gasteiger partial charge < -0.3 is 15.4 Å². The van der Waals surface area contributed by atoms with Crippen LogP contribution in [0.1, 0.15) is 19.4 Å². The molecule has 8 heteroatoms. The lowest BCUT2D eigenvalue weighted by Crippen LogP contribution is -2.39. The number of ether oxygens (including phenoxy) is 1. The van der Waals surface area contributed by atoms with Crippen LogP contribution in [0, 0.1) is 0 Å². The van der Waals surface area contributed by atoms with E-state index in [1.165, 1.54) is 12.1 Å². The maximum atomic E-state index is 11.3. The fraction of sp³-hybridized carbons (Fsp3) is 0.500. The minimum atomic E-state index is -3.69. The predicted molar refractivity (Wildman–Crippen MR) is 87.1 cm³/mol. The summed E-state index contributed by atoms with van der Waals surface area (Å²) in [7, 11) is -3.69. The van der Waals surface area contributed by atoms with E-state index < -0.39 is 10.0 Å². The van der Waals surface area contributed by atoms with Crippen LogP contribution in [0.15, 0.2) is 34.2 Å². The molecular weight excluding hydrogens is 304 g/mol. The van der Waals surface area contributed by atoms with Crippen molar-refractivity contribution in [1.29, 1.82) is 0 Å². The van der Waals surface area contributed by atoms with Crippen molar-refractivity contribution in [2.45, 2.75) is 25.3 Å². The molecule has 0 unspecified atom stereocenters. The summed E-state index contributed by atoms with van der Waals surface area (Å²) < 4.78 is 27.9. The van der Waals surface area contributed by atoms with E-state index in [0.717, 1.165) is 12.1 Å². The van der Waals surface area contributed by atoms with Gasteiger partial charge in [-0.05, 0) is 31.5 Å². The fourth-order valence-electron chi connectivity index (χ4n) is 1.72. The summed E-state index contributed by atoms with van der Waals surface area (Å²) in [4.78, 5) is 4.50. The van der Waals surface area contributed by atoms with Gasteiger partial charge in [0, 0.05) is 19.7 Å². The molecule has 0 aliphatic carbocycles. The highest BCUT2D eigenvalue weighted by molar-refractivity contribution is 7.89. The normalized spacial score (nSPS) is 12.2. The number of aliphatic imine (C=N–C) groups is 1. The molecule has 1 aromatic rings. The number of nitrogens with two attached hydrogens (primary N) is 1. The molecule has 0 spiro atoms. The molecule has 124 valence electrons. The molecule has 22 heavy (non-hydrogen) atoms. The molecule has 0 heterocycles. The number of nitrogens with one attached hydrogen (secondary N) is 2. The van der Waals surface area contributed by atoms with E-state index in [-0.39, 0.29) is 4.90 Å². The van der Waals surface area contributed by atoms with Crippen LogP contribution >= 0.6 is 0 Å². The first kappa shape index (κ1) is 18.4. The van der Waals surface area contributed by atoms with Crippen LogP contribution in [0.3, 0.4) is 0 Å². The van der Waals surface area contributed by atoms with Gasteiger partial charge in [0.2, 0.25) is 10.0 Å². The fourth-order valence-corrected chi connectivity index (χ4v) is 2.30. The first-order chi connectivity index (χ1) is 10.5. The highest BCUT2D eigenvalue weighted by atomic mass is 32.2. The maximum absolute atomic E-state index is 11.3. The van der Waals surface area contributed by atoms with E-state index in [1.807, 2.05) is 19.9 Å². The lowest BCUT2D eigenvalue weighted by atomic mass is 10.2. The molecule has 1 aromatic carbocycles. The molecule has 0 bridgehead atoms. The van der Waals surface area contributed by atoms with Crippen molar-refractivity contribution in [1.82, 2.24) is 10.6 Å². The predicted octanol–water partition coefficient (Wildman–Crippen LogP) is 0.426. The molecule has 0 aliphatic rings. The summed E-state index contributed by atoms with van der Waals surface area (Å²) in [5, 5.41) is 11.4. The smallest absolute Gasteiger partial charge is 0.238 e. The summed E-state index contributed by atoms with van der Waals surface area (Å²) in [5.74, 6) is 0.656.